The minimum Gasteiger partial charge on any atom is -0.508 e. The maximum Gasteiger partial charge on any atom is 0.408 e. The number of phenols is 1. The Hall–Kier alpha value is -3.30. The first-order valence-electron chi connectivity index (χ1n) is 11.0. The first-order chi connectivity index (χ1) is 15.3. The number of primary amides is 1. The van der Waals surface area contributed by atoms with Crippen molar-refractivity contribution in [1.82, 2.24) is 15.5 Å². The lowest BCUT2D eigenvalue weighted by Crippen LogP contribution is -2.55. The van der Waals surface area contributed by atoms with Gasteiger partial charge in [-0.25, -0.2) is 4.79 Å². The van der Waals surface area contributed by atoms with Gasteiger partial charge in [-0.3, -0.25) is 14.4 Å². The topological polar surface area (TPSA) is 151 Å². The number of phenolic OH excluding ortho intramolecular Hbond substituents is 1. The quantitative estimate of drug-likeness (QED) is 0.439. The minimum absolute atomic E-state index is 0.0178. The van der Waals surface area contributed by atoms with Crippen LogP contribution in [-0.2, 0) is 19.1 Å². The van der Waals surface area contributed by atoms with Crippen LogP contribution in [0.2, 0.25) is 0 Å². The van der Waals surface area contributed by atoms with Crippen molar-refractivity contribution in [1.29, 1.82) is 0 Å². The third kappa shape index (κ3) is 7.96. The summed E-state index contributed by atoms with van der Waals surface area (Å²) >= 11 is 0. The lowest BCUT2D eigenvalue weighted by molar-refractivity contribution is -0.144. The largest absolute Gasteiger partial charge is 0.508 e. The van der Waals surface area contributed by atoms with E-state index >= 15 is 0 Å². The van der Waals surface area contributed by atoms with E-state index in [-0.39, 0.29) is 17.8 Å². The Morgan fingerprint density at radius 1 is 1.12 bits per heavy atom. The molecule has 2 rings (SSSR count). The highest BCUT2D eigenvalue weighted by atomic mass is 16.6. The molecule has 1 saturated carbocycles. The summed E-state index contributed by atoms with van der Waals surface area (Å²) in [7, 11) is 0. The van der Waals surface area contributed by atoms with Gasteiger partial charge in [0, 0.05) is 12.1 Å². The second-order valence-corrected chi connectivity index (χ2v) is 9.50. The number of hydrogen-bond acceptors (Lipinski definition) is 6. The lowest BCUT2D eigenvalue weighted by atomic mass is 10.0. The van der Waals surface area contributed by atoms with Crippen LogP contribution < -0.4 is 16.4 Å². The van der Waals surface area contributed by atoms with Crippen LogP contribution in [0.5, 0.6) is 5.75 Å². The molecule has 0 aromatic heterocycles. The number of nitrogens with zero attached hydrogens (tertiary/aromatic N) is 1. The predicted molar refractivity (Wildman–Crippen MR) is 121 cm³/mol. The Morgan fingerprint density at radius 3 is 2.15 bits per heavy atom. The molecule has 0 radical (unpaired) electrons. The number of ether oxygens (including phenoxy) is 1. The van der Waals surface area contributed by atoms with E-state index in [9.17, 15) is 24.3 Å². The average Bonchev–Trinajstić information content (AvgIpc) is 3.48. The molecule has 0 spiro atoms. The van der Waals surface area contributed by atoms with Gasteiger partial charge in [-0.1, -0.05) is 12.1 Å². The van der Waals surface area contributed by atoms with Crippen LogP contribution in [0.15, 0.2) is 24.3 Å². The molecule has 4 amide bonds. The SMILES string of the molecule is CC(C)NC(=O)C(c1ccc(O)cc1)N(C(=O)C(CC(N)=O)NC(=O)OC(C)(C)C)C1CC1. The number of carbonyl (C=O) groups excluding carboxylic acids is 4. The number of nitrogens with two attached hydrogens (primary N) is 1. The number of rotatable bonds is 9. The molecule has 0 heterocycles. The zero-order valence-corrected chi connectivity index (χ0v) is 19.8. The molecular weight excluding hydrogens is 428 g/mol. The van der Waals surface area contributed by atoms with Crippen molar-refractivity contribution in [3.05, 3.63) is 29.8 Å². The second kappa shape index (κ2) is 10.5. The molecular formula is C23H34N4O6. The number of aromatic hydroxyl groups is 1. The van der Waals surface area contributed by atoms with Gasteiger partial charge >= 0.3 is 6.09 Å². The van der Waals surface area contributed by atoms with E-state index in [1.54, 1.807) is 46.8 Å². The summed E-state index contributed by atoms with van der Waals surface area (Å²) in [4.78, 5) is 52.3. The summed E-state index contributed by atoms with van der Waals surface area (Å²) in [6.07, 6.45) is 0.0245. The summed E-state index contributed by atoms with van der Waals surface area (Å²) in [5.41, 5.74) is 5.02. The summed E-state index contributed by atoms with van der Waals surface area (Å²) in [6.45, 7) is 8.62. The van der Waals surface area contributed by atoms with Crippen molar-refractivity contribution in [2.75, 3.05) is 0 Å². The molecule has 1 aliphatic carbocycles. The van der Waals surface area contributed by atoms with Crippen LogP contribution in [-0.4, -0.2) is 57.5 Å². The summed E-state index contributed by atoms with van der Waals surface area (Å²) in [6, 6.07) is 3.23. The van der Waals surface area contributed by atoms with E-state index in [2.05, 4.69) is 10.6 Å². The van der Waals surface area contributed by atoms with Crippen LogP contribution in [0.3, 0.4) is 0 Å². The van der Waals surface area contributed by atoms with Crippen molar-refractivity contribution in [3.8, 4) is 5.75 Å². The highest BCUT2D eigenvalue weighted by Gasteiger charge is 2.44. The molecule has 1 aromatic carbocycles. The lowest BCUT2D eigenvalue weighted by Gasteiger charge is -2.34. The Bertz CT molecular complexity index is 874. The van der Waals surface area contributed by atoms with Crippen molar-refractivity contribution < 1.29 is 29.0 Å². The number of nitrogens with one attached hydrogen (secondary N) is 2. The number of alkyl carbamates (subject to hydrolysis) is 1. The molecule has 5 N–H and O–H groups in total. The van der Waals surface area contributed by atoms with Gasteiger partial charge in [-0.05, 0) is 65.2 Å². The summed E-state index contributed by atoms with van der Waals surface area (Å²) < 4.78 is 5.23. The molecule has 1 aliphatic rings. The maximum atomic E-state index is 13.7. The van der Waals surface area contributed by atoms with Gasteiger partial charge in [0.25, 0.3) is 0 Å². The molecule has 10 heteroatoms. The Balaban J connectivity index is 2.42. The molecule has 0 saturated heterocycles. The highest BCUT2D eigenvalue weighted by Crippen LogP contribution is 2.36. The predicted octanol–water partition coefficient (Wildman–Crippen LogP) is 1.72. The smallest absolute Gasteiger partial charge is 0.408 e. The van der Waals surface area contributed by atoms with Gasteiger partial charge in [0.2, 0.25) is 17.7 Å². The van der Waals surface area contributed by atoms with Crippen LogP contribution in [0.25, 0.3) is 0 Å². The molecule has 0 aliphatic heterocycles. The third-order valence-corrected chi connectivity index (χ3v) is 4.76. The normalized spacial score (nSPS) is 15.3. The first kappa shape index (κ1) is 26.0. The Kier molecular flexibility index (Phi) is 8.29. The van der Waals surface area contributed by atoms with Gasteiger partial charge in [-0.15, -0.1) is 0 Å². The van der Waals surface area contributed by atoms with Crippen LogP contribution in [0.1, 0.15) is 65.5 Å². The molecule has 33 heavy (non-hydrogen) atoms. The van der Waals surface area contributed by atoms with Gasteiger partial charge in [0.05, 0.1) is 6.42 Å². The Morgan fingerprint density at radius 2 is 1.70 bits per heavy atom. The molecule has 1 aromatic rings. The molecule has 1 fully saturated rings. The van der Waals surface area contributed by atoms with Gasteiger partial charge in [0.1, 0.15) is 23.4 Å². The first-order valence-corrected chi connectivity index (χ1v) is 11.0. The maximum absolute atomic E-state index is 13.7. The van der Waals surface area contributed by atoms with E-state index in [0.29, 0.717) is 18.4 Å². The average molecular weight is 463 g/mol. The zero-order valence-electron chi connectivity index (χ0n) is 19.8. The van der Waals surface area contributed by atoms with Crippen LogP contribution >= 0.6 is 0 Å². The summed E-state index contributed by atoms with van der Waals surface area (Å²) in [5, 5.41) is 14.9. The van der Waals surface area contributed by atoms with Crippen molar-refractivity contribution in [3.63, 3.8) is 0 Å². The van der Waals surface area contributed by atoms with Crippen molar-refractivity contribution >= 4 is 23.8 Å². The fraction of sp³-hybridized carbons (Fsp3) is 0.565. The second-order valence-electron chi connectivity index (χ2n) is 9.50. The molecule has 182 valence electrons. The minimum atomic E-state index is -1.30. The highest BCUT2D eigenvalue weighted by molar-refractivity contribution is 5.95. The van der Waals surface area contributed by atoms with E-state index in [4.69, 9.17) is 10.5 Å². The van der Waals surface area contributed by atoms with Crippen molar-refractivity contribution in [2.24, 2.45) is 5.73 Å². The molecule has 0 bridgehead atoms. The van der Waals surface area contributed by atoms with Crippen molar-refractivity contribution in [2.45, 2.75) is 83.6 Å². The van der Waals surface area contributed by atoms with E-state index in [1.807, 2.05) is 0 Å². The monoisotopic (exact) mass is 462 g/mol. The fourth-order valence-corrected chi connectivity index (χ4v) is 3.36. The standard InChI is InChI=1S/C23H34N4O6/c1-13(2)25-20(30)19(14-6-10-16(28)11-7-14)27(15-8-9-15)21(31)17(12-18(24)29)26-22(32)33-23(3,4)5/h6-7,10-11,13,15,17,19,28H,8-9,12H2,1-5H3,(H2,24,29)(H,25,30)(H,26,32). The van der Waals surface area contributed by atoms with E-state index in [1.165, 1.54) is 17.0 Å². The van der Waals surface area contributed by atoms with E-state index < -0.39 is 47.9 Å². The number of benzene rings is 1. The van der Waals surface area contributed by atoms with Gasteiger partial charge in [0.15, 0.2) is 0 Å². The fourth-order valence-electron chi connectivity index (χ4n) is 3.36. The number of hydrogen-bond donors (Lipinski definition) is 4. The molecule has 2 atom stereocenters. The van der Waals surface area contributed by atoms with Gasteiger partial charge in [-0.2, -0.15) is 0 Å². The van der Waals surface area contributed by atoms with E-state index in [0.717, 1.165) is 0 Å². The van der Waals surface area contributed by atoms with Crippen LogP contribution in [0.4, 0.5) is 4.79 Å². The van der Waals surface area contributed by atoms with Gasteiger partial charge < -0.3 is 31.1 Å². The summed E-state index contributed by atoms with van der Waals surface area (Å²) in [5.74, 6) is -1.79. The Labute approximate surface area is 193 Å². The third-order valence-electron chi connectivity index (χ3n) is 4.76. The molecule has 2 unspecified atom stereocenters. The van der Waals surface area contributed by atoms with Crippen LogP contribution in [0, 0.1) is 0 Å². The zero-order chi connectivity index (χ0) is 24.9. The number of amides is 4. The number of carbonyl (C=O) groups is 4. The molecule has 10 nitrogen and oxygen atoms in total.